The summed E-state index contributed by atoms with van der Waals surface area (Å²) in [7, 11) is 1.76. The SMILES string of the molecule is CN=C(NCc1cc(C(C)C)no1)NCc1ccccc1OC1CCCC1.I. The molecule has 0 amide bonds. The van der Waals surface area contributed by atoms with Crippen molar-refractivity contribution in [2.45, 2.75) is 64.6 Å². The number of guanidine groups is 1. The highest BCUT2D eigenvalue weighted by Crippen LogP contribution is 2.26. The van der Waals surface area contributed by atoms with Crippen molar-refractivity contribution in [1.29, 1.82) is 0 Å². The molecule has 6 nitrogen and oxygen atoms in total. The van der Waals surface area contributed by atoms with Gasteiger partial charge in [0.25, 0.3) is 0 Å². The zero-order chi connectivity index (χ0) is 19.1. The van der Waals surface area contributed by atoms with Crippen LogP contribution in [0.15, 0.2) is 39.8 Å². The van der Waals surface area contributed by atoms with Gasteiger partial charge in [0.15, 0.2) is 11.7 Å². The molecule has 1 heterocycles. The normalized spacial score (nSPS) is 14.8. The van der Waals surface area contributed by atoms with Crippen LogP contribution in [-0.4, -0.2) is 24.3 Å². The van der Waals surface area contributed by atoms with Gasteiger partial charge in [-0.15, -0.1) is 24.0 Å². The predicted molar refractivity (Wildman–Crippen MR) is 122 cm³/mol. The summed E-state index contributed by atoms with van der Waals surface area (Å²) in [5.41, 5.74) is 2.10. The van der Waals surface area contributed by atoms with E-state index >= 15 is 0 Å². The number of rotatable bonds is 7. The summed E-state index contributed by atoms with van der Waals surface area (Å²) in [6.45, 7) is 5.39. The molecule has 0 unspecified atom stereocenters. The van der Waals surface area contributed by atoms with Crippen LogP contribution in [0, 0.1) is 0 Å². The lowest BCUT2D eigenvalue weighted by atomic mass is 10.1. The maximum Gasteiger partial charge on any atom is 0.191 e. The van der Waals surface area contributed by atoms with Crippen LogP contribution in [0.1, 0.15) is 62.5 Å². The van der Waals surface area contributed by atoms with Gasteiger partial charge >= 0.3 is 0 Å². The number of hydrogen-bond donors (Lipinski definition) is 2. The molecule has 1 aromatic carbocycles. The number of aliphatic imine (C=N–C) groups is 1. The van der Waals surface area contributed by atoms with E-state index in [2.05, 4.69) is 40.7 Å². The van der Waals surface area contributed by atoms with Crippen molar-refractivity contribution in [3.05, 3.63) is 47.3 Å². The maximum absolute atomic E-state index is 6.20. The van der Waals surface area contributed by atoms with E-state index in [0.717, 1.165) is 35.6 Å². The average molecular weight is 498 g/mol. The van der Waals surface area contributed by atoms with Gasteiger partial charge in [0.05, 0.1) is 18.3 Å². The Labute approximate surface area is 184 Å². The minimum absolute atomic E-state index is 0. The molecule has 28 heavy (non-hydrogen) atoms. The van der Waals surface area contributed by atoms with Crippen molar-refractivity contribution in [2.75, 3.05) is 7.05 Å². The first-order valence-electron chi connectivity index (χ1n) is 9.80. The van der Waals surface area contributed by atoms with Crippen LogP contribution in [-0.2, 0) is 13.1 Å². The van der Waals surface area contributed by atoms with Crippen molar-refractivity contribution in [1.82, 2.24) is 15.8 Å². The number of nitrogens with one attached hydrogen (secondary N) is 2. The summed E-state index contributed by atoms with van der Waals surface area (Å²) in [5.74, 6) is 2.83. The first-order valence-corrected chi connectivity index (χ1v) is 9.80. The molecule has 0 aliphatic heterocycles. The minimum atomic E-state index is 0. The Morgan fingerprint density at radius 1 is 1.21 bits per heavy atom. The lowest BCUT2D eigenvalue weighted by Crippen LogP contribution is -2.36. The van der Waals surface area contributed by atoms with Gasteiger partial charge in [-0.05, 0) is 37.7 Å². The number of benzene rings is 1. The molecule has 1 aliphatic carbocycles. The van der Waals surface area contributed by atoms with E-state index < -0.39 is 0 Å². The molecule has 3 rings (SSSR count). The minimum Gasteiger partial charge on any atom is -0.490 e. The quantitative estimate of drug-likeness (QED) is 0.332. The Hall–Kier alpha value is -1.77. The summed E-state index contributed by atoms with van der Waals surface area (Å²) in [6.07, 6.45) is 5.19. The summed E-state index contributed by atoms with van der Waals surface area (Å²) < 4.78 is 11.6. The predicted octanol–water partition coefficient (Wildman–Crippen LogP) is 4.60. The molecule has 0 saturated heterocycles. The molecule has 0 spiro atoms. The van der Waals surface area contributed by atoms with Gasteiger partial charge in [-0.2, -0.15) is 0 Å². The van der Waals surface area contributed by atoms with Gasteiger partial charge < -0.3 is 19.9 Å². The van der Waals surface area contributed by atoms with E-state index in [4.69, 9.17) is 9.26 Å². The van der Waals surface area contributed by atoms with E-state index in [1.54, 1.807) is 7.05 Å². The second-order valence-corrected chi connectivity index (χ2v) is 7.28. The fraction of sp³-hybridized carbons (Fsp3) is 0.524. The number of halogens is 1. The number of nitrogens with zero attached hydrogens (tertiary/aromatic N) is 2. The Morgan fingerprint density at radius 3 is 2.61 bits per heavy atom. The molecule has 1 aromatic heterocycles. The molecule has 0 atom stereocenters. The van der Waals surface area contributed by atoms with Gasteiger partial charge in [0.1, 0.15) is 5.75 Å². The molecule has 154 valence electrons. The van der Waals surface area contributed by atoms with Gasteiger partial charge in [0, 0.05) is 25.2 Å². The molecule has 0 bridgehead atoms. The van der Waals surface area contributed by atoms with Crippen LogP contribution < -0.4 is 15.4 Å². The molecular weight excluding hydrogens is 467 g/mol. The van der Waals surface area contributed by atoms with Crippen molar-refractivity contribution >= 4 is 29.9 Å². The number of para-hydroxylation sites is 1. The van der Waals surface area contributed by atoms with Crippen LogP contribution in [0.2, 0.25) is 0 Å². The second kappa shape index (κ2) is 11.3. The van der Waals surface area contributed by atoms with E-state index in [1.807, 2.05) is 24.3 Å². The fourth-order valence-electron chi connectivity index (χ4n) is 3.21. The topological polar surface area (TPSA) is 71.7 Å². The summed E-state index contributed by atoms with van der Waals surface area (Å²) in [5, 5.41) is 10.7. The molecular formula is C21H31IN4O2. The lowest BCUT2D eigenvalue weighted by molar-refractivity contribution is 0.208. The van der Waals surface area contributed by atoms with Crippen LogP contribution in [0.4, 0.5) is 0 Å². The van der Waals surface area contributed by atoms with Crippen molar-refractivity contribution in [3.63, 3.8) is 0 Å². The molecule has 7 heteroatoms. The number of aromatic nitrogens is 1. The average Bonchev–Trinajstić information content (AvgIpc) is 3.35. The highest BCUT2D eigenvalue weighted by Gasteiger charge is 2.17. The van der Waals surface area contributed by atoms with E-state index in [9.17, 15) is 0 Å². The zero-order valence-electron chi connectivity index (χ0n) is 16.9. The molecule has 1 saturated carbocycles. The molecule has 0 radical (unpaired) electrons. The van der Waals surface area contributed by atoms with E-state index in [-0.39, 0.29) is 24.0 Å². The lowest BCUT2D eigenvalue weighted by Gasteiger charge is -2.17. The van der Waals surface area contributed by atoms with Gasteiger partial charge in [-0.1, -0.05) is 37.2 Å². The first-order chi connectivity index (χ1) is 13.2. The van der Waals surface area contributed by atoms with Gasteiger partial charge in [-0.25, -0.2) is 0 Å². The third-order valence-corrected chi connectivity index (χ3v) is 4.84. The van der Waals surface area contributed by atoms with Crippen LogP contribution in [0.3, 0.4) is 0 Å². The van der Waals surface area contributed by atoms with Crippen LogP contribution in [0.5, 0.6) is 5.75 Å². The largest absolute Gasteiger partial charge is 0.490 e. The zero-order valence-corrected chi connectivity index (χ0v) is 19.2. The molecule has 2 N–H and O–H groups in total. The number of hydrogen-bond acceptors (Lipinski definition) is 4. The Bertz CT molecular complexity index is 754. The monoisotopic (exact) mass is 498 g/mol. The van der Waals surface area contributed by atoms with E-state index in [1.165, 1.54) is 12.8 Å². The van der Waals surface area contributed by atoms with Crippen LogP contribution >= 0.6 is 24.0 Å². The van der Waals surface area contributed by atoms with E-state index in [0.29, 0.717) is 31.1 Å². The van der Waals surface area contributed by atoms with Crippen molar-refractivity contribution < 1.29 is 9.26 Å². The highest BCUT2D eigenvalue weighted by molar-refractivity contribution is 14.0. The highest BCUT2D eigenvalue weighted by atomic mass is 127. The van der Waals surface area contributed by atoms with Crippen molar-refractivity contribution in [2.24, 2.45) is 4.99 Å². The summed E-state index contributed by atoms with van der Waals surface area (Å²) in [4.78, 5) is 4.28. The summed E-state index contributed by atoms with van der Waals surface area (Å²) >= 11 is 0. The van der Waals surface area contributed by atoms with Gasteiger partial charge in [-0.3, -0.25) is 4.99 Å². The number of ether oxygens (including phenoxy) is 1. The second-order valence-electron chi connectivity index (χ2n) is 7.28. The third kappa shape index (κ3) is 6.39. The maximum atomic E-state index is 6.20. The Morgan fingerprint density at radius 2 is 1.93 bits per heavy atom. The Balaban J connectivity index is 0.00000280. The molecule has 1 aliphatic rings. The molecule has 2 aromatic rings. The Kier molecular flexibility index (Phi) is 9.08. The third-order valence-electron chi connectivity index (χ3n) is 4.84. The van der Waals surface area contributed by atoms with Crippen LogP contribution in [0.25, 0.3) is 0 Å². The smallest absolute Gasteiger partial charge is 0.191 e. The van der Waals surface area contributed by atoms with Crippen molar-refractivity contribution in [3.8, 4) is 5.75 Å². The molecule has 1 fully saturated rings. The van der Waals surface area contributed by atoms with Gasteiger partial charge in [0.2, 0.25) is 0 Å². The first kappa shape index (κ1) is 22.5. The standard InChI is InChI=1S/C21H30N4O2.HI/c1-15(2)19-12-18(27-25-19)14-24-21(22-3)23-13-16-8-4-7-11-20(16)26-17-9-5-6-10-17;/h4,7-8,11-12,15,17H,5-6,9-10,13-14H2,1-3H3,(H2,22,23,24);1H. The summed E-state index contributed by atoms with van der Waals surface area (Å²) in [6, 6.07) is 10.2. The fourth-order valence-corrected chi connectivity index (χ4v) is 3.21.